The normalized spacial score (nSPS) is 14.1. The van der Waals surface area contributed by atoms with Crippen molar-refractivity contribution in [2.24, 2.45) is 0 Å². The number of aromatic nitrogens is 4. The average molecular weight is 400 g/mol. The Hall–Kier alpha value is -2.51. The van der Waals surface area contributed by atoms with Crippen LogP contribution in [0.4, 0.5) is 0 Å². The molecule has 0 spiro atoms. The van der Waals surface area contributed by atoms with Crippen molar-refractivity contribution in [2.45, 2.75) is 32.2 Å². The van der Waals surface area contributed by atoms with Gasteiger partial charge in [0.1, 0.15) is 24.1 Å². The van der Waals surface area contributed by atoms with Crippen LogP contribution in [0.3, 0.4) is 0 Å². The molecule has 27 heavy (non-hydrogen) atoms. The van der Waals surface area contributed by atoms with Crippen LogP contribution in [0.5, 0.6) is 0 Å². The SMILES string of the molecule is Cc1noc(C2CC2)c1-c1c[n+](Cc2csc(Cl)n2)c2ccccn2c1=O. The third-order valence-electron chi connectivity index (χ3n) is 4.83. The number of thiazole rings is 1. The lowest BCUT2D eigenvalue weighted by Crippen LogP contribution is -2.40. The molecule has 0 unspecified atom stereocenters. The quantitative estimate of drug-likeness (QED) is 0.492. The Bertz CT molecular complexity index is 1220. The molecule has 1 saturated carbocycles. The van der Waals surface area contributed by atoms with E-state index in [0.717, 1.165) is 41.2 Å². The lowest BCUT2D eigenvalue weighted by molar-refractivity contribution is -0.665. The number of hydrogen-bond acceptors (Lipinski definition) is 5. The van der Waals surface area contributed by atoms with Crippen molar-refractivity contribution in [1.82, 2.24) is 14.5 Å². The first-order valence-electron chi connectivity index (χ1n) is 8.72. The molecule has 1 aliphatic rings. The Kier molecular flexibility index (Phi) is 3.87. The highest BCUT2D eigenvalue weighted by Gasteiger charge is 2.34. The Balaban J connectivity index is 1.75. The van der Waals surface area contributed by atoms with Gasteiger partial charge in [0.25, 0.3) is 5.65 Å². The summed E-state index contributed by atoms with van der Waals surface area (Å²) in [5.41, 5.74) is 3.73. The fourth-order valence-electron chi connectivity index (χ4n) is 3.41. The molecule has 0 atom stereocenters. The van der Waals surface area contributed by atoms with Gasteiger partial charge >= 0.3 is 5.56 Å². The van der Waals surface area contributed by atoms with Crippen molar-refractivity contribution in [3.63, 3.8) is 0 Å². The number of nitrogens with zero attached hydrogens (tertiary/aromatic N) is 4. The molecule has 1 aliphatic carbocycles. The second-order valence-corrected chi connectivity index (χ2v) is 8.22. The van der Waals surface area contributed by atoms with Crippen molar-refractivity contribution in [1.29, 1.82) is 0 Å². The first-order chi connectivity index (χ1) is 13.1. The monoisotopic (exact) mass is 399 g/mol. The molecule has 0 N–H and O–H groups in total. The van der Waals surface area contributed by atoms with E-state index in [1.807, 2.05) is 41.3 Å². The van der Waals surface area contributed by atoms with Crippen LogP contribution in [0.15, 0.2) is 45.3 Å². The van der Waals surface area contributed by atoms with Gasteiger partial charge in [-0.3, -0.25) is 0 Å². The summed E-state index contributed by atoms with van der Waals surface area (Å²) in [6.07, 6.45) is 5.82. The summed E-state index contributed by atoms with van der Waals surface area (Å²) >= 11 is 7.39. The van der Waals surface area contributed by atoms with Crippen molar-refractivity contribution >= 4 is 28.6 Å². The molecule has 4 aromatic rings. The Morgan fingerprint density at radius 2 is 2.26 bits per heavy atom. The number of halogens is 1. The summed E-state index contributed by atoms with van der Waals surface area (Å²) in [7, 11) is 0. The Labute approximate surface area is 163 Å². The van der Waals surface area contributed by atoms with E-state index in [9.17, 15) is 4.79 Å². The Morgan fingerprint density at radius 1 is 1.41 bits per heavy atom. The van der Waals surface area contributed by atoms with Gasteiger partial charge in [-0.1, -0.05) is 22.8 Å². The minimum Gasteiger partial charge on any atom is -0.360 e. The predicted molar refractivity (Wildman–Crippen MR) is 102 cm³/mol. The first kappa shape index (κ1) is 16.6. The molecule has 0 saturated heterocycles. The zero-order valence-corrected chi connectivity index (χ0v) is 16.1. The van der Waals surface area contributed by atoms with Crippen molar-refractivity contribution in [3.8, 4) is 11.1 Å². The summed E-state index contributed by atoms with van der Waals surface area (Å²) in [5.74, 6) is 1.19. The molecule has 6 nitrogen and oxygen atoms in total. The summed E-state index contributed by atoms with van der Waals surface area (Å²) in [6, 6.07) is 5.69. The molecule has 0 aromatic carbocycles. The Morgan fingerprint density at radius 3 is 3.00 bits per heavy atom. The molecule has 8 heteroatoms. The van der Waals surface area contributed by atoms with Crippen molar-refractivity contribution in [2.75, 3.05) is 0 Å². The fourth-order valence-corrected chi connectivity index (χ4v) is 4.19. The molecule has 0 bridgehead atoms. The second kappa shape index (κ2) is 6.28. The van der Waals surface area contributed by atoms with E-state index >= 15 is 0 Å². The molecule has 1 fully saturated rings. The molecule has 0 aliphatic heterocycles. The molecular weight excluding hydrogens is 384 g/mol. The first-order valence-corrected chi connectivity index (χ1v) is 9.98. The maximum Gasteiger partial charge on any atom is 0.350 e. The summed E-state index contributed by atoms with van der Waals surface area (Å²) in [5, 5.41) is 6.06. The number of hydrogen-bond donors (Lipinski definition) is 0. The topological polar surface area (TPSA) is 64.3 Å². The largest absolute Gasteiger partial charge is 0.360 e. The van der Waals surface area contributed by atoms with Crippen LogP contribution in [0.25, 0.3) is 16.8 Å². The van der Waals surface area contributed by atoms with Gasteiger partial charge < -0.3 is 4.52 Å². The van der Waals surface area contributed by atoms with Crippen LogP contribution in [-0.4, -0.2) is 14.5 Å². The second-order valence-electron chi connectivity index (χ2n) is 6.78. The van der Waals surface area contributed by atoms with Gasteiger partial charge in [0.2, 0.25) is 0 Å². The van der Waals surface area contributed by atoms with E-state index in [1.165, 1.54) is 11.3 Å². The minimum absolute atomic E-state index is 0.0774. The van der Waals surface area contributed by atoms with E-state index < -0.39 is 0 Å². The van der Waals surface area contributed by atoms with Gasteiger partial charge in [0.15, 0.2) is 4.47 Å². The maximum atomic E-state index is 13.2. The molecule has 0 amide bonds. The van der Waals surface area contributed by atoms with E-state index in [2.05, 4.69) is 10.1 Å². The van der Waals surface area contributed by atoms with Crippen LogP contribution in [0.2, 0.25) is 4.47 Å². The fraction of sp³-hybridized carbons (Fsp3) is 0.263. The van der Waals surface area contributed by atoms with E-state index in [1.54, 1.807) is 10.6 Å². The van der Waals surface area contributed by atoms with Gasteiger partial charge in [-0.05, 0) is 25.8 Å². The number of fused-ring (bicyclic) bond motifs is 1. The van der Waals surface area contributed by atoms with E-state index in [0.29, 0.717) is 22.5 Å². The molecule has 4 aromatic heterocycles. The molecular formula is C19H16ClN4O2S+. The van der Waals surface area contributed by atoms with Crippen LogP contribution in [0, 0.1) is 6.92 Å². The number of rotatable bonds is 4. The van der Waals surface area contributed by atoms with Crippen molar-refractivity contribution in [3.05, 3.63) is 67.9 Å². The van der Waals surface area contributed by atoms with Crippen LogP contribution in [0.1, 0.15) is 35.9 Å². The van der Waals surface area contributed by atoms with Gasteiger partial charge in [-0.15, -0.1) is 11.3 Å². The van der Waals surface area contributed by atoms with Gasteiger partial charge in [-0.25, -0.2) is 14.3 Å². The molecule has 0 radical (unpaired) electrons. The highest BCUT2D eigenvalue weighted by Crippen LogP contribution is 2.44. The predicted octanol–water partition coefficient (Wildman–Crippen LogP) is 3.59. The van der Waals surface area contributed by atoms with Gasteiger partial charge in [0.05, 0.1) is 23.1 Å². The minimum atomic E-state index is -0.0774. The number of pyridine rings is 1. The zero-order chi connectivity index (χ0) is 18.5. The molecule has 136 valence electrons. The highest BCUT2D eigenvalue weighted by atomic mass is 35.5. The third-order valence-corrected chi connectivity index (χ3v) is 5.86. The lowest BCUT2D eigenvalue weighted by atomic mass is 10.0. The van der Waals surface area contributed by atoms with Gasteiger partial charge in [-0.2, -0.15) is 4.40 Å². The summed E-state index contributed by atoms with van der Waals surface area (Å²) < 4.78 is 9.75. The van der Waals surface area contributed by atoms with E-state index in [-0.39, 0.29) is 5.56 Å². The van der Waals surface area contributed by atoms with Crippen molar-refractivity contribution < 1.29 is 9.09 Å². The summed E-state index contributed by atoms with van der Waals surface area (Å²) in [4.78, 5) is 17.6. The highest BCUT2D eigenvalue weighted by molar-refractivity contribution is 7.13. The van der Waals surface area contributed by atoms with Crippen LogP contribution < -0.4 is 10.1 Å². The third kappa shape index (κ3) is 2.87. The average Bonchev–Trinajstić information content (AvgIpc) is 3.33. The van der Waals surface area contributed by atoms with E-state index in [4.69, 9.17) is 16.1 Å². The smallest absolute Gasteiger partial charge is 0.350 e. The summed E-state index contributed by atoms with van der Waals surface area (Å²) in [6.45, 7) is 2.40. The van der Waals surface area contributed by atoms with Crippen LogP contribution in [-0.2, 0) is 6.54 Å². The molecule has 4 heterocycles. The standard InChI is InChI=1S/C19H16ClN4O2S/c1-11-16(17(26-22-11)12-5-6-12)14-9-23(8-13-10-27-19(20)21-13)15-4-2-3-7-24(15)18(14)25/h2-4,7,9-10,12H,5-6,8H2,1H3/q+1. The maximum absolute atomic E-state index is 13.2. The zero-order valence-electron chi connectivity index (χ0n) is 14.6. The van der Waals surface area contributed by atoms with Gasteiger partial charge in [0, 0.05) is 17.4 Å². The lowest BCUT2D eigenvalue weighted by Gasteiger charge is -2.06. The number of aryl methyl sites for hydroxylation is 1. The molecule has 5 rings (SSSR count). The van der Waals surface area contributed by atoms with Crippen LogP contribution >= 0.6 is 22.9 Å².